The minimum atomic E-state index is -3.05. The molecule has 30 heavy (non-hydrogen) atoms. The van der Waals surface area contributed by atoms with Gasteiger partial charge in [-0.05, 0) is 35.4 Å². The monoisotopic (exact) mass is 418 g/mol. The zero-order valence-corrected chi connectivity index (χ0v) is 16.5. The van der Waals surface area contributed by atoms with Gasteiger partial charge in [0.1, 0.15) is 17.2 Å². The Labute approximate surface area is 172 Å². The number of rotatable bonds is 9. The number of hydrogen-bond acceptors (Lipinski definition) is 5. The first-order valence-corrected chi connectivity index (χ1v) is 9.09. The molecule has 8 heteroatoms. The lowest BCUT2D eigenvalue weighted by atomic mass is 10.1. The third kappa shape index (κ3) is 5.56. The third-order valence-corrected chi connectivity index (χ3v) is 4.39. The van der Waals surface area contributed by atoms with Crippen molar-refractivity contribution in [3.63, 3.8) is 0 Å². The van der Waals surface area contributed by atoms with Crippen LogP contribution in [-0.4, -0.2) is 25.8 Å². The molecule has 0 radical (unpaired) electrons. The number of alkyl halides is 2. The SMILES string of the molecule is COc1ccc(CN(Cc2ccc(OC)cc2)c2ncc(OC(F)F)cc2F)cc1. The molecule has 0 spiro atoms. The fourth-order valence-electron chi connectivity index (χ4n) is 2.92. The van der Waals surface area contributed by atoms with Gasteiger partial charge in [-0.3, -0.25) is 0 Å². The van der Waals surface area contributed by atoms with Crippen molar-refractivity contribution in [3.05, 3.63) is 77.7 Å². The van der Waals surface area contributed by atoms with Gasteiger partial charge in [-0.1, -0.05) is 24.3 Å². The van der Waals surface area contributed by atoms with E-state index < -0.39 is 12.4 Å². The maximum atomic E-state index is 14.7. The van der Waals surface area contributed by atoms with Crippen LogP contribution in [0.25, 0.3) is 0 Å². The number of ether oxygens (including phenoxy) is 3. The molecule has 0 fully saturated rings. The van der Waals surface area contributed by atoms with Crippen LogP contribution in [0, 0.1) is 5.82 Å². The number of methoxy groups -OCH3 is 2. The van der Waals surface area contributed by atoms with E-state index in [1.54, 1.807) is 19.1 Å². The zero-order valence-electron chi connectivity index (χ0n) is 16.5. The van der Waals surface area contributed by atoms with Gasteiger partial charge in [0.05, 0.1) is 20.4 Å². The molecule has 3 aromatic rings. The molecular formula is C22H21F3N2O3. The van der Waals surface area contributed by atoms with Crippen LogP contribution in [0.15, 0.2) is 60.8 Å². The summed E-state index contributed by atoms with van der Waals surface area (Å²) in [6.07, 6.45) is 1.08. The smallest absolute Gasteiger partial charge is 0.387 e. The summed E-state index contributed by atoms with van der Waals surface area (Å²) in [7, 11) is 3.15. The second-order valence-corrected chi connectivity index (χ2v) is 6.41. The van der Waals surface area contributed by atoms with Crippen LogP contribution in [-0.2, 0) is 13.1 Å². The summed E-state index contributed by atoms with van der Waals surface area (Å²) in [6, 6.07) is 15.6. The number of nitrogens with zero attached hydrogens (tertiary/aromatic N) is 2. The lowest BCUT2D eigenvalue weighted by molar-refractivity contribution is -0.0502. The number of halogens is 3. The maximum absolute atomic E-state index is 14.7. The number of pyridine rings is 1. The Bertz CT molecular complexity index is 901. The lowest BCUT2D eigenvalue weighted by Gasteiger charge is -2.25. The fraction of sp³-hybridized carbons (Fsp3) is 0.227. The summed E-state index contributed by atoms with van der Waals surface area (Å²) in [5, 5.41) is 0. The second kappa shape index (κ2) is 9.87. The average Bonchev–Trinajstić information content (AvgIpc) is 2.74. The van der Waals surface area contributed by atoms with Crippen LogP contribution in [0.3, 0.4) is 0 Å². The number of hydrogen-bond donors (Lipinski definition) is 0. The number of aromatic nitrogens is 1. The van der Waals surface area contributed by atoms with Crippen molar-refractivity contribution in [2.24, 2.45) is 0 Å². The fourth-order valence-corrected chi connectivity index (χ4v) is 2.92. The Morgan fingerprint density at radius 1 is 0.833 bits per heavy atom. The van der Waals surface area contributed by atoms with Gasteiger partial charge in [-0.2, -0.15) is 8.78 Å². The molecule has 1 heterocycles. The molecule has 0 aliphatic carbocycles. The molecule has 0 bridgehead atoms. The first-order valence-electron chi connectivity index (χ1n) is 9.09. The van der Waals surface area contributed by atoms with E-state index in [9.17, 15) is 13.2 Å². The Morgan fingerprint density at radius 3 is 1.73 bits per heavy atom. The molecule has 3 rings (SSSR count). The Morgan fingerprint density at radius 2 is 1.33 bits per heavy atom. The highest BCUT2D eigenvalue weighted by molar-refractivity contribution is 5.45. The van der Waals surface area contributed by atoms with E-state index in [0.29, 0.717) is 24.6 Å². The van der Waals surface area contributed by atoms with E-state index in [1.165, 1.54) is 0 Å². The molecule has 158 valence electrons. The molecule has 0 saturated heterocycles. The standard InChI is InChI=1S/C22H21F3N2O3/c1-28-17-7-3-15(4-8-17)13-27(14-16-5-9-18(29-2)10-6-16)21-20(23)11-19(12-26-21)30-22(24)25/h3-12,22H,13-14H2,1-2H3. The van der Waals surface area contributed by atoms with Crippen molar-refractivity contribution in [1.82, 2.24) is 4.98 Å². The van der Waals surface area contributed by atoms with E-state index in [0.717, 1.165) is 23.4 Å². The van der Waals surface area contributed by atoms with Gasteiger partial charge in [0, 0.05) is 19.2 Å². The van der Waals surface area contributed by atoms with E-state index in [2.05, 4.69) is 9.72 Å². The van der Waals surface area contributed by atoms with Crippen molar-refractivity contribution < 1.29 is 27.4 Å². The summed E-state index contributed by atoms with van der Waals surface area (Å²) in [5.41, 5.74) is 1.80. The van der Waals surface area contributed by atoms with Gasteiger partial charge in [-0.25, -0.2) is 9.37 Å². The normalized spacial score (nSPS) is 10.7. The van der Waals surface area contributed by atoms with E-state index >= 15 is 0 Å². The van der Waals surface area contributed by atoms with Gasteiger partial charge in [0.25, 0.3) is 0 Å². The van der Waals surface area contributed by atoms with E-state index in [1.807, 2.05) is 48.5 Å². The average molecular weight is 418 g/mol. The molecule has 0 amide bonds. The third-order valence-electron chi connectivity index (χ3n) is 4.39. The summed E-state index contributed by atoms with van der Waals surface area (Å²) >= 11 is 0. The number of benzene rings is 2. The topological polar surface area (TPSA) is 43.8 Å². The first kappa shape index (κ1) is 21.3. The predicted molar refractivity (Wildman–Crippen MR) is 107 cm³/mol. The van der Waals surface area contributed by atoms with Gasteiger partial charge < -0.3 is 19.1 Å². The van der Waals surface area contributed by atoms with Crippen molar-refractivity contribution in [2.75, 3.05) is 19.1 Å². The molecule has 1 aromatic heterocycles. The van der Waals surface area contributed by atoms with Gasteiger partial charge >= 0.3 is 6.61 Å². The molecular weight excluding hydrogens is 397 g/mol. The highest BCUT2D eigenvalue weighted by atomic mass is 19.3. The van der Waals surface area contributed by atoms with Crippen LogP contribution in [0.1, 0.15) is 11.1 Å². The minimum Gasteiger partial charge on any atom is -0.497 e. The van der Waals surface area contributed by atoms with Crippen molar-refractivity contribution in [3.8, 4) is 17.2 Å². The highest BCUT2D eigenvalue weighted by Crippen LogP contribution is 2.26. The molecule has 0 aliphatic heterocycles. The van der Waals surface area contributed by atoms with E-state index in [-0.39, 0.29) is 11.6 Å². The van der Waals surface area contributed by atoms with Crippen molar-refractivity contribution >= 4 is 5.82 Å². The second-order valence-electron chi connectivity index (χ2n) is 6.41. The molecule has 0 atom stereocenters. The van der Waals surface area contributed by atoms with E-state index in [4.69, 9.17) is 9.47 Å². The van der Waals surface area contributed by atoms with Gasteiger partial charge in [0.15, 0.2) is 11.6 Å². The molecule has 0 unspecified atom stereocenters. The Balaban J connectivity index is 1.89. The zero-order chi connectivity index (χ0) is 21.5. The lowest BCUT2D eigenvalue weighted by Crippen LogP contribution is -2.24. The largest absolute Gasteiger partial charge is 0.497 e. The summed E-state index contributed by atoms with van der Waals surface area (Å²) < 4.78 is 54.1. The van der Waals surface area contributed by atoms with Crippen LogP contribution in [0.4, 0.5) is 19.0 Å². The van der Waals surface area contributed by atoms with Gasteiger partial charge in [-0.15, -0.1) is 0 Å². The maximum Gasteiger partial charge on any atom is 0.387 e. The molecule has 0 saturated carbocycles. The Kier molecular flexibility index (Phi) is 7.00. The summed E-state index contributed by atoms with van der Waals surface area (Å²) in [5.74, 6) is 0.357. The van der Waals surface area contributed by atoms with Crippen molar-refractivity contribution in [1.29, 1.82) is 0 Å². The summed E-state index contributed by atoms with van der Waals surface area (Å²) in [4.78, 5) is 5.75. The van der Waals surface area contributed by atoms with Gasteiger partial charge in [0.2, 0.25) is 0 Å². The number of anilines is 1. The first-order chi connectivity index (χ1) is 14.5. The quantitative estimate of drug-likeness (QED) is 0.487. The molecule has 5 nitrogen and oxygen atoms in total. The van der Waals surface area contributed by atoms with Crippen molar-refractivity contribution in [2.45, 2.75) is 19.7 Å². The van der Waals surface area contributed by atoms with Crippen LogP contribution in [0.5, 0.6) is 17.2 Å². The Hall–Kier alpha value is -3.42. The summed E-state index contributed by atoms with van der Waals surface area (Å²) in [6.45, 7) is -2.36. The predicted octanol–water partition coefficient (Wildman–Crippen LogP) is 5.05. The van der Waals surface area contributed by atoms with Crippen LogP contribution < -0.4 is 19.1 Å². The molecule has 2 aromatic carbocycles. The highest BCUT2D eigenvalue weighted by Gasteiger charge is 2.17. The minimum absolute atomic E-state index is 0.0308. The molecule has 0 N–H and O–H groups in total. The van der Waals surface area contributed by atoms with Crippen LogP contribution in [0.2, 0.25) is 0 Å². The molecule has 0 aliphatic rings. The van der Waals surface area contributed by atoms with Crippen LogP contribution >= 0.6 is 0 Å².